The summed E-state index contributed by atoms with van der Waals surface area (Å²) in [6.07, 6.45) is 12.2. The van der Waals surface area contributed by atoms with Gasteiger partial charge in [-0.25, -0.2) is 9.78 Å². The van der Waals surface area contributed by atoms with E-state index < -0.39 is 5.69 Å². The van der Waals surface area contributed by atoms with Crippen LogP contribution < -0.4 is 21.7 Å². The van der Waals surface area contributed by atoms with Gasteiger partial charge in [0, 0.05) is 68.1 Å². The lowest BCUT2D eigenvalue weighted by Crippen LogP contribution is -2.46. The Hall–Kier alpha value is -3.41. The fourth-order valence-electron chi connectivity index (χ4n) is 5.06. The first-order valence-electron chi connectivity index (χ1n) is 13.0. The van der Waals surface area contributed by atoms with Crippen molar-refractivity contribution >= 4 is 29.1 Å². The number of piperazine rings is 1. The summed E-state index contributed by atoms with van der Waals surface area (Å²) in [5.74, 6) is 0.396. The second-order valence-corrected chi connectivity index (χ2v) is 11.2. The molecule has 0 radical (unpaired) electrons. The molecule has 0 bridgehead atoms. The van der Waals surface area contributed by atoms with Crippen LogP contribution in [0.25, 0.3) is 11.7 Å². The Kier molecular flexibility index (Phi) is 6.58. The number of H-pyrrole nitrogens is 2. The molecular weight excluding hydrogens is 506 g/mol. The zero-order chi connectivity index (χ0) is 26.3. The van der Waals surface area contributed by atoms with Crippen molar-refractivity contribution in [2.45, 2.75) is 24.6 Å². The van der Waals surface area contributed by atoms with Crippen LogP contribution in [0, 0.1) is 5.41 Å². The molecule has 1 saturated heterocycles. The highest BCUT2D eigenvalue weighted by molar-refractivity contribution is 6.22. The van der Waals surface area contributed by atoms with E-state index in [-0.39, 0.29) is 22.4 Å². The fourth-order valence-corrected chi connectivity index (χ4v) is 5.31. The van der Waals surface area contributed by atoms with Gasteiger partial charge in [0.15, 0.2) is 11.1 Å². The van der Waals surface area contributed by atoms with Gasteiger partial charge in [0.1, 0.15) is 11.5 Å². The maximum absolute atomic E-state index is 11.6. The zero-order valence-corrected chi connectivity index (χ0v) is 22.1. The number of fused-ring (bicyclic) bond motifs is 1. The lowest BCUT2D eigenvalue weighted by molar-refractivity contribution is 0.132. The third-order valence-electron chi connectivity index (χ3n) is 7.52. The van der Waals surface area contributed by atoms with E-state index in [0.29, 0.717) is 28.6 Å². The molecule has 1 atom stereocenters. The smallest absolute Gasteiger partial charge is 0.326 e. The van der Waals surface area contributed by atoms with Crippen LogP contribution in [0.4, 0.5) is 5.82 Å². The molecular formula is C26H32ClN9O2. The number of halogens is 1. The van der Waals surface area contributed by atoms with Gasteiger partial charge in [-0.05, 0) is 32.0 Å². The third kappa shape index (κ3) is 5.40. The van der Waals surface area contributed by atoms with Gasteiger partial charge in [0.25, 0.3) is 0 Å². The van der Waals surface area contributed by atoms with Crippen LogP contribution in [0.3, 0.4) is 0 Å². The first kappa shape index (κ1) is 24.9. The average molecular weight is 538 g/mol. The molecule has 0 spiro atoms. The molecule has 3 aliphatic rings. The molecule has 11 nitrogen and oxygen atoms in total. The maximum atomic E-state index is 11.6. The number of hydrogen-bond acceptors (Lipinski definition) is 8. The van der Waals surface area contributed by atoms with Gasteiger partial charge < -0.3 is 25.2 Å². The topological polar surface area (TPSA) is 130 Å². The number of aromatic amines is 2. The van der Waals surface area contributed by atoms with Crippen molar-refractivity contribution in [3.8, 4) is 5.88 Å². The Labute approximate surface area is 224 Å². The van der Waals surface area contributed by atoms with E-state index in [1.54, 1.807) is 16.8 Å². The van der Waals surface area contributed by atoms with Gasteiger partial charge in [-0.2, -0.15) is 9.61 Å². The maximum Gasteiger partial charge on any atom is 0.326 e. The number of rotatable bonds is 7. The predicted molar refractivity (Wildman–Crippen MR) is 146 cm³/mol. The highest BCUT2D eigenvalue weighted by Crippen LogP contribution is 2.46. The lowest BCUT2D eigenvalue weighted by Gasteiger charge is -2.34. The van der Waals surface area contributed by atoms with Crippen LogP contribution in [-0.4, -0.2) is 91.2 Å². The molecule has 6 rings (SSSR count). The van der Waals surface area contributed by atoms with Gasteiger partial charge in [-0.15, -0.1) is 11.6 Å². The minimum atomic E-state index is -0.487. The van der Waals surface area contributed by atoms with Crippen LogP contribution >= 0.6 is 11.6 Å². The van der Waals surface area contributed by atoms with Crippen molar-refractivity contribution in [1.29, 1.82) is 0 Å². The number of nitrogens with one attached hydrogen (secondary N) is 3. The Morgan fingerprint density at radius 3 is 2.82 bits per heavy atom. The van der Waals surface area contributed by atoms with Crippen molar-refractivity contribution < 1.29 is 5.11 Å². The summed E-state index contributed by atoms with van der Waals surface area (Å²) in [6, 6.07) is 1.91. The quantitative estimate of drug-likeness (QED) is 0.328. The van der Waals surface area contributed by atoms with Crippen molar-refractivity contribution in [2.75, 3.05) is 51.6 Å². The van der Waals surface area contributed by atoms with Crippen molar-refractivity contribution in [1.82, 2.24) is 34.4 Å². The number of nitrogens with zero attached hydrogens (tertiary/aromatic N) is 6. The summed E-state index contributed by atoms with van der Waals surface area (Å²) >= 11 is 6.33. The van der Waals surface area contributed by atoms with E-state index >= 15 is 0 Å². The van der Waals surface area contributed by atoms with Crippen LogP contribution in [0.5, 0.6) is 5.88 Å². The average Bonchev–Trinajstić information content (AvgIpc) is 3.41. The van der Waals surface area contributed by atoms with Gasteiger partial charge in [0.2, 0.25) is 5.88 Å². The third-order valence-corrected chi connectivity index (χ3v) is 7.82. The standard InChI is InChI=1S/C26H32ClN9O2/c1-34-7-9-35(10-8-34)16-26(5-6-26)15-28-22-13-21(30-19-4-2-3-18(27)12-19)32-23-17(14-29-36(22)23)11-20-24(37)33-25(38)31-20/h2-4,11,13-14,18,30,37H,5-10,12,15-16H2,1H3,(H2,31,33,38). The molecule has 200 valence electrons. The van der Waals surface area contributed by atoms with E-state index in [0.717, 1.165) is 45.0 Å². The highest BCUT2D eigenvalue weighted by Gasteiger charge is 2.43. The zero-order valence-electron chi connectivity index (χ0n) is 21.3. The predicted octanol–water partition coefficient (Wildman–Crippen LogP) is 0.790. The number of aromatic nitrogens is 5. The molecule has 4 N–H and O–H groups in total. The summed E-state index contributed by atoms with van der Waals surface area (Å²) in [5, 5.41) is 18.6. The SMILES string of the molecule is CN1CCN(CC2(CN=c3cc(NC4=CC=CC(Cl)C4)nc4c(=Cc5[nH]c(=O)[nH]c5O)cnn34)CC2)CC1. The van der Waals surface area contributed by atoms with Gasteiger partial charge in [-0.3, -0.25) is 9.98 Å². The summed E-state index contributed by atoms with van der Waals surface area (Å²) in [7, 11) is 2.18. The molecule has 1 aliphatic heterocycles. The van der Waals surface area contributed by atoms with Crippen LogP contribution in [-0.2, 0) is 0 Å². The van der Waals surface area contributed by atoms with E-state index in [4.69, 9.17) is 21.6 Å². The van der Waals surface area contributed by atoms with E-state index in [1.807, 2.05) is 24.3 Å². The Balaban J connectivity index is 1.36. The number of aromatic hydroxyl groups is 1. The summed E-state index contributed by atoms with van der Waals surface area (Å²) < 4.78 is 1.71. The summed E-state index contributed by atoms with van der Waals surface area (Å²) in [4.78, 5) is 31.3. The molecule has 4 heterocycles. The number of hydrogen-bond donors (Lipinski definition) is 4. The van der Waals surface area contributed by atoms with E-state index in [1.165, 1.54) is 12.8 Å². The number of alkyl halides is 1. The number of imidazole rings is 1. The molecule has 2 fully saturated rings. The molecule has 2 aliphatic carbocycles. The van der Waals surface area contributed by atoms with Crippen molar-refractivity contribution in [3.63, 3.8) is 0 Å². The van der Waals surface area contributed by atoms with Crippen LogP contribution in [0.1, 0.15) is 25.0 Å². The fraction of sp³-hybridized carbons (Fsp3) is 0.462. The largest absolute Gasteiger partial charge is 0.493 e. The van der Waals surface area contributed by atoms with Crippen molar-refractivity contribution in [2.24, 2.45) is 10.4 Å². The number of allylic oxidation sites excluding steroid dienone is 4. The Morgan fingerprint density at radius 1 is 1.29 bits per heavy atom. The van der Waals surface area contributed by atoms with Gasteiger partial charge >= 0.3 is 5.69 Å². The molecule has 1 unspecified atom stereocenters. The monoisotopic (exact) mass is 537 g/mol. The first-order chi connectivity index (χ1) is 18.4. The highest BCUT2D eigenvalue weighted by atomic mass is 35.5. The Bertz CT molecular complexity index is 1570. The molecule has 0 amide bonds. The molecule has 3 aromatic heterocycles. The first-order valence-corrected chi connectivity index (χ1v) is 13.4. The number of likely N-dealkylation sites (N-methyl/N-ethyl adjacent to an activating group) is 1. The van der Waals surface area contributed by atoms with Crippen LogP contribution in [0.15, 0.2) is 46.0 Å². The van der Waals surface area contributed by atoms with Gasteiger partial charge in [0.05, 0.1) is 11.6 Å². The number of anilines is 1. The molecule has 0 aromatic carbocycles. The summed E-state index contributed by atoms with van der Waals surface area (Å²) in [5.41, 5.74) is 2.20. The lowest BCUT2D eigenvalue weighted by atomic mass is 10.1. The molecule has 38 heavy (non-hydrogen) atoms. The van der Waals surface area contributed by atoms with E-state index in [2.05, 4.69) is 37.2 Å². The minimum absolute atomic E-state index is 0.0769. The Morgan fingerprint density at radius 2 is 2.11 bits per heavy atom. The minimum Gasteiger partial charge on any atom is -0.493 e. The normalized spacial score (nSPS) is 22.8. The second kappa shape index (κ2) is 10.0. The van der Waals surface area contributed by atoms with Crippen molar-refractivity contribution in [3.05, 3.63) is 63.1 Å². The molecule has 1 saturated carbocycles. The van der Waals surface area contributed by atoms with Crippen LogP contribution in [0.2, 0.25) is 0 Å². The van der Waals surface area contributed by atoms with Gasteiger partial charge in [-0.1, -0.05) is 12.2 Å². The molecule has 3 aromatic rings. The van der Waals surface area contributed by atoms with E-state index in [9.17, 15) is 9.90 Å². The summed E-state index contributed by atoms with van der Waals surface area (Å²) in [6.45, 7) is 6.20. The second-order valence-electron chi connectivity index (χ2n) is 10.6. The molecule has 12 heteroatoms.